The molecule has 0 bridgehead atoms. The Hall–Kier alpha value is -1.58. The summed E-state index contributed by atoms with van der Waals surface area (Å²) in [5.41, 5.74) is 0. The van der Waals surface area contributed by atoms with Crippen LogP contribution in [0.4, 0.5) is 0 Å². The second-order valence-electron chi connectivity index (χ2n) is 6.28. The summed E-state index contributed by atoms with van der Waals surface area (Å²) in [6.07, 6.45) is 3.33. The molecule has 0 amide bonds. The Kier molecular flexibility index (Phi) is 4.96. The van der Waals surface area contributed by atoms with Crippen LogP contribution in [0.1, 0.15) is 26.2 Å². The minimum absolute atomic E-state index is 0.344. The Morgan fingerprint density at radius 1 is 1.18 bits per heavy atom. The van der Waals surface area contributed by atoms with Crippen LogP contribution in [0, 0.1) is 0 Å². The third-order valence-corrected chi connectivity index (χ3v) is 4.57. The highest BCUT2D eigenvalue weighted by Crippen LogP contribution is 2.25. The van der Waals surface area contributed by atoms with Crippen LogP contribution in [0.5, 0.6) is 5.75 Å². The van der Waals surface area contributed by atoms with Gasteiger partial charge in [0.1, 0.15) is 18.5 Å². The maximum absolute atomic E-state index is 10.3. The SMILES string of the molecule is CC1CCCCN1CC(O)COc1cccc2ccccc12. The molecule has 0 spiro atoms. The summed E-state index contributed by atoms with van der Waals surface area (Å²) in [5.74, 6) is 0.851. The van der Waals surface area contributed by atoms with Gasteiger partial charge < -0.3 is 9.84 Å². The highest BCUT2D eigenvalue weighted by Gasteiger charge is 2.21. The van der Waals surface area contributed by atoms with Crippen molar-refractivity contribution in [1.82, 2.24) is 4.90 Å². The second-order valence-corrected chi connectivity index (χ2v) is 6.28. The predicted octanol–water partition coefficient (Wildman–Crippen LogP) is 3.45. The van der Waals surface area contributed by atoms with E-state index in [9.17, 15) is 5.11 Å². The van der Waals surface area contributed by atoms with Crippen LogP contribution < -0.4 is 4.74 Å². The zero-order valence-corrected chi connectivity index (χ0v) is 13.2. The van der Waals surface area contributed by atoms with Crippen molar-refractivity contribution < 1.29 is 9.84 Å². The van der Waals surface area contributed by atoms with Crippen molar-refractivity contribution in [3.05, 3.63) is 42.5 Å². The van der Waals surface area contributed by atoms with E-state index >= 15 is 0 Å². The molecule has 3 rings (SSSR count). The molecule has 22 heavy (non-hydrogen) atoms. The molecule has 3 nitrogen and oxygen atoms in total. The Morgan fingerprint density at radius 3 is 2.86 bits per heavy atom. The number of piperidine rings is 1. The fourth-order valence-corrected chi connectivity index (χ4v) is 3.26. The van der Waals surface area contributed by atoms with E-state index in [0.29, 0.717) is 19.2 Å². The molecule has 0 radical (unpaired) electrons. The van der Waals surface area contributed by atoms with Gasteiger partial charge in [0.25, 0.3) is 0 Å². The smallest absolute Gasteiger partial charge is 0.127 e. The summed E-state index contributed by atoms with van der Waals surface area (Å²) in [6.45, 7) is 4.38. The van der Waals surface area contributed by atoms with Gasteiger partial charge in [0.2, 0.25) is 0 Å². The van der Waals surface area contributed by atoms with Gasteiger partial charge in [-0.1, -0.05) is 42.8 Å². The first-order valence-electron chi connectivity index (χ1n) is 8.27. The molecule has 3 heteroatoms. The molecule has 2 unspecified atom stereocenters. The van der Waals surface area contributed by atoms with Gasteiger partial charge in [-0.25, -0.2) is 0 Å². The molecule has 1 aliphatic rings. The third kappa shape index (κ3) is 3.60. The topological polar surface area (TPSA) is 32.7 Å². The Bertz CT molecular complexity index is 608. The maximum Gasteiger partial charge on any atom is 0.127 e. The summed E-state index contributed by atoms with van der Waals surface area (Å²) < 4.78 is 5.88. The zero-order valence-electron chi connectivity index (χ0n) is 13.2. The quantitative estimate of drug-likeness (QED) is 0.918. The molecule has 0 saturated carbocycles. The van der Waals surface area contributed by atoms with E-state index in [0.717, 1.165) is 17.7 Å². The summed E-state index contributed by atoms with van der Waals surface area (Å²) in [4.78, 5) is 2.38. The number of ether oxygens (including phenoxy) is 1. The lowest BCUT2D eigenvalue weighted by molar-refractivity contribution is 0.0441. The van der Waals surface area contributed by atoms with Crippen LogP contribution in [0.2, 0.25) is 0 Å². The molecule has 2 aromatic carbocycles. The lowest BCUT2D eigenvalue weighted by Gasteiger charge is -2.34. The summed E-state index contributed by atoms with van der Waals surface area (Å²) in [7, 11) is 0. The van der Waals surface area contributed by atoms with E-state index in [1.54, 1.807) is 0 Å². The first-order chi connectivity index (χ1) is 10.7. The number of hydrogen-bond donors (Lipinski definition) is 1. The van der Waals surface area contributed by atoms with Crippen molar-refractivity contribution in [2.75, 3.05) is 19.7 Å². The Labute approximate surface area is 132 Å². The summed E-state index contributed by atoms with van der Waals surface area (Å²) >= 11 is 0. The van der Waals surface area contributed by atoms with E-state index < -0.39 is 6.10 Å². The molecule has 1 aliphatic heterocycles. The van der Waals surface area contributed by atoms with Crippen LogP contribution in [0.15, 0.2) is 42.5 Å². The Morgan fingerprint density at radius 2 is 2.00 bits per heavy atom. The average molecular weight is 299 g/mol. The van der Waals surface area contributed by atoms with E-state index in [-0.39, 0.29) is 0 Å². The van der Waals surface area contributed by atoms with Crippen LogP contribution in [0.25, 0.3) is 10.8 Å². The fourth-order valence-electron chi connectivity index (χ4n) is 3.26. The average Bonchev–Trinajstić information content (AvgIpc) is 2.55. The number of benzene rings is 2. The van der Waals surface area contributed by atoms with Crippen molar-refractivity contribution in [2.45, 2.75) is 38.3 Å². The van der Waals surface area contributed by atoms with Gasteiger partial charge in [-0.2, -0.15) is 0 Å². The minimum Gasteiger partial charge on any atom is -0.490 e. The van der Waals surface area contributed by atoms with Crippen molar-refractivity contribution in [2.24, 2.45) is 0 Å². The highest BCUT2D eigenvalue weighted by molar-refractivity contribution is 5.88. The standard InChI is InChI=1S/C19H25NO2/c1-15-7-4-5-12-20(15)13-17(21)14-22-19-11-6-9-16-8-2-3-10-18(16)19/h2-3,6,8-11,15,17,21H,4-5,7,12-14H2,1H3. The van der Waals surface area contributed by atoms with Gasteiger partial charge in [0, 0.05) is 18.0 Å². The van der Waals surface area contributed by atoms with E-state index in [1.165, 1.54) is 24.6 Å². The second kappa shape index (κ2) is 7.12. The van der Waals surface area contributed by atoms with Gasteiger partial charge >= 0.3 is 0 Å². The number of likely N-dealkylation sites (tertiary alicyclic amines) is 1. The molecule has 2 aromatic rings. The molecule has 1 saturated heterocycles. The molecule has 0 aromatic heterocycles. The van der Waals surface area contributed by atoms with Gasteiger partial charge in [-0.15, -0.1) is 0 Å². The first-order valence-corrected chi connectivity index (χ1v) is 8.27. The molecule has 1 fully saturated rings. The zero-order chi connectivity index (χ0) is 15.4. The number of hydrogen-bond acceptors (Lipinski definition) is 3. The molecular weight excluding hydrogens is 274 g/mol. The normalized spacial score (nSPS) is 20.9. The van der Waals surface area contributed by atoms with Crippen LogP contribution >= 0.6 is 0 Å². The minimum atomic E-state index is -0.445. The predicted molar refractivity (Wildman–Crippen MR) is 90.3 cm³/mol. The largest absolute Gasteiger partial charge is 0.490 e. The highest BCUT2D eigenvalue weighted by atomic mass is 16.5. The van der Waals surface area contributed by atoms with Crippen LogP contribution in [-0.4, -0.2) is 41.8 Å². The van der Waals surface area contributed by atoms with Crippen molar-refractivity contribution in [3.8, 4) is 5.75 Å². The van der Waals surface area contributed by atoms with Gasteiger partial charge in [0.05, 0.1) is 0 Å². The monoisotopic (exact) mass is 299 g/mol. The maximum atomic E-state index is 10.3. The van der Waals surface area contributed by atoms with E-state index in [1.807, 2.05) is 24.3 Å². The molecule has 0 aliphatic carbocycles. The van der Waals surface area contributed by atoms with Crippen LogP contribution in [-0.2, 0) is 0 Å². The molecule has 1 N–H and O–H groups in total. The number of aliphatic hydroxyl groups is 1. The number of fused-ring (bicyclic) bond motifs is 1. The van der Waals surface area contributed by atoms with E-state index in [2.05, 4.69) is 30.0 Å². The number of aliphatic hydroxyl groups excluding tert-OH is 1. The van der Waals surface area contributed by atoms with Gasteiger partial charge in [0.15, 0.2) is 0 Å². The third-order valence-electron chi connectivity index (χ3n) is 4.57. The van der Waals surface area contributed by atoms with Gasteiger partial charge in [-0.05, 0) is 37.8 Å². The molecule has 118 valence electrons. The van der Waals surface area contributed by atoms with Gasteiger partial charge in [-0.3, -0.25) is 4.90 Å². The number of β-amino-alcohol motifs (C(OH)–C–C–N with tert-alkyl or cyclic N) is 1. The molecule has 2 atom stereocenters. The van der Waals surface area contributed by atoms with Crippen LogP contribution in [0.3, 0.4) is 0 Å². The molecular formula is C19H25NO2. The summed E-state index contributed by atoms with van der Waals surface area (Å²) in [6, 6.07) is 14.8. The first kappa shape index (κ1) is 15.3. The number of rotatable bonds is 5. The lowest BCUT2D eigenvalue weighted by Crippen LogP contribution is -2.43. The summed E-state index contributed by atoms with van der Waals surface area (Å²) in [5, 5.41) is 12.6. The van der Waals surface area contributed by atoms with Crippen molar-refractivity contribution in [1.29, 1.82) is 0 Å². The van der Waals surface area contributed by atoms with Crippen molar-refractivity contribution >= 4 is 10.8 Å². The lowest BCUT2D eigenvalue weighted by atomic mass is 10.0. The van der Waals surface area contributed by atoms with Crippen molar-refractivity contribution in [3.63, 3.8) is 0 Å². The fraction of sp³-hybridized carbons (Fsp3) is 0.474. The number of nitrogens with zero attached hydrogens (tertiary/aromatic N) is 1. The molecule has 1 heterocycles. The Balaban J connectivity index is 1.59. The van der Waals surface area contributed by atoms with E-state index in [4.69, 9.17) is 4.74 Å².